The van der Waals surface area contributed by atoms with Gasteiger partial charge in [0.25, 0.3) is 0 Å². The lowest BCUT2D eigenvalue weighted by Gasteiger charge is -2.31. The minimum Gasteiger partial charge on any atom is -0.465 e. The number of hydrogen-bond donors (Lipinski definition) is 2. The van der Waals surface area contributed by atoms with Gasteiger partial charge >= 0.3 is 6.09 Å². The number of nitrogens with one attached hydrogen (secondary N) is 1. The first-order chi connectivity index (χ1) is 8.08. The highest BCUT2D eigenvalue weighted by Gasteiger charge is 2.33. The van der Waals surface area contributed by atoms with E-state index in [1.165, 1.54) is 17.7 Å². The van der Waals surface area contributed by atoms with E-state index in [4.69, 9.17) is 5.11 Å². The molecule has 0 aromatic carbocycles. The smallest absolute Gasteiger partial charge is 0.407 e. The fourth-order valence-electron chi connectivity index (χ4n) is 2.36. The maximum absolute atomic E-state index is 11.9. The van der Waals surface area contributed by atoms with Crippen LogP contribution in [0.4, 0.5) is 4.79 Å². The van der Waals surface area contributed by atoms with Crippen molar-refractivity contribution >= 4 is 12.0 Å². The van der Waals surface area contributed by atoms with Gasteiger partial charge in [-0.1, -0.05) is 6.92 Å². The summed E-state index contributed by atoms with van der Waals surface area (Å²) in [6.45, 7) is 3.04. The Morgan fingerprint density at radius 3 is 2.29 bits per heavy atom. The maximum atomic E-state index is 11.9. The van der Waals surface area contributed by atoms with Gasteiger partial charge in [-0.15, -0.1) is 0 Å². The molecule has 2 N–H and O–H groups in total. The molecule has 1 atom stereocenters. The van der Waals surface area contributed by atoms with E-state index >= 15 is 0 Å². The average Bonchev–Trinajstić information content (AvgIpc) is 3.12. The summed E-state index contributed by atoms with van der Waals surface area (Å²) in [7, 11) is 0. The third-order valence-corrected chi connectivity index (χ3v) is 3.85. The van der Waals surface area contributed by atoms with Crippen molar-refractivity contribution in [3.8, 4) is 0 Å². The van der Waals surface area contributed by atoms with Crippen molar-refractivity contribution < 1.29 is 14.7 Å². The Labute approximate surface area is 101 Å². The fraction of sp³-hybridized carbons (Fsp3) is 0.833. The Hall–Kier alpha value is -1.26. The zero-order chi connectivity index (χ0) is 12.4. The molecule has 1 unspecified atom stereocenters. The lowest BCUT2D eigenvalue weighted by atomic mass is 10.0. The summed E-state index contributed by atoms with van der Waals surface area (Å²) in [5.41, 5.74) is 0. The van der Waals surface area contributed by atoms with Gasteiger partial charge in [0.15, 0.2) is 0 Å². The van der Waals surface area contributed by atoms with E-state index in [1.807, 2.05) is 6.92 Å². The standard InChI is InChI=1S/C12H20N2O3/c1-8(9-2-3-9)11(15)13-10-4-6-14(7-5-10)12(16)17/h8-10H,2-7H2,1H3,(H,13,15)(H,16,17). The molecule has 0 radical (unpaired) electrons. The van der Waals surface area contributed by atoms with Gasteiger partial charge < -0.3 is 15.3 Å². The van der Waals surface area contributed by atoms with Crippen LogP contribution >= 0.6 is 0 Å². The van der Waals surface area contributed by atoms with Crippen LogP contribution in [-0.4, -0.2) is 41.1 Å². The number of carbonyl (C=O) groups is 2. The third kappa shape index (κ3) is 3.11. The summed E-state index contributed by atoms with van der Waals surface area (Å²) in [6.07, 6.45) is 2.95. The lowest BCUT2D eigenvalue weighted by molar-refractivity contribution is -0.126. The second kappa shape index (κ2) is 4.94. The molecule has 96 valence electrons. The molecule has 2 fully saturated rings. The second-order valence-electron chi connectivity index (χ2n) is 5.18. The number of nitrogens with zero attached hydrogens (tertiary/aromatic N) is 1. The molecule has 0 spiro atoms. The first kappa shape index (κ1) is 12.2. The molecule has 5 heteroatoms. The second-order valence-corrected chi connectivity index (χ2v) is 5.18. The summed E-state index contributed by atoms with van der Waals surface area (Å²) in [6, 6.07) is 0.152. The molecule has 2 amide bonds. The molecule has 1 heterocycles. The number of likely N-dealkylation sites (tertiary alicyclic amines) is 1. The largest absolute Gasteiger partial charge is 0.465 e. The van der Waals surface area contributed by atoms with Crippen molar-refractivity contribution in [2.75, 3.05) is 13.1 Å². The predicted molar refractivity (Wildman–Crippen MR) is 62.7 cm³/mol. The number of carbonyl (C=O) groups excluding carboxylic acids is 1. The Kier molecular flexibility index (Phi) is 3.54. The summed E-state index contributed by atoms with van der Waals surface area (Å²) in [4.78, 5) is 24.0. The molecule has 1 saturated carbocycles. The zero-order valence-corrected chi connectivity index (χ0v) is 10.2. The van der Waals surface area contributed by atoms with Gasteiger partial charge in [-0.05, 0) is 31.6 Å². The third-order valence-electron chi connectivity index (χ3n) is 3.85. The van der Waals surface area contributed by atoms with Gasteiger partial charge in [0.05, 0.1) is 0 Å². The monoisotopic (exact) mass is 240 g/mol. The average molecular weight is 240 g/mol. The zero-order valence-electron chi connectivity index (χ0n) is 10.2. The van der Waals surface area contributed by atoms with Crippen LogP contribution in [-0.2, 0) is 4.79 Å². The SMILES string of the molecule is CC(C(=O)NC1CCN(C(=O)O)CC1)C1CC1. The highest BCUT2D eigenvalue weighted by Crippen LogP contribution is 2.36. The van der Waals surface area contributed by atoms with E-state index in [9.17, 15) is 9.59 Å². The van der Waals surface area contributed by atoms with Gasteiger partial charge in [0.2, 0.25) is 5.91 Å². The van der Waals surface area contributed by atoms with Crippen LogP contribution in [0.15, 0.2) is 0 Å². The van der Waals surface area contributed by atoms with Crippen molar-refractivity contribution in [2.45, 2.75) is 38.6 Å². The minimum atomic E-state index is -0.860. The Morgan fingerprint density at radius 1 is 1.24 bits per heavy atom. The van der Waals surface area contributed by atoms with Crippen molar-refractivity contribution in [2.24, 2.45) is 11.8 Å². The summed E-state index contributed by atoms with van der Waals surface area (Å²) in [5, 5.41) is 11.9. The quantitative estimate of drug-likeness (QED) is 0.781. The maximum Gasteiger partial charge on any atom is 0.407 e. The molecule has 1 aliphatic carbocycles. The van der Waals surface area contributed by atoms with Gasteiger partial charge in [-0.3, -0.25) is 4.79 Å². The Bertz CT molecular complexity index is 307. The lowest BCUT2D eigenvalue weighted by Crippen LogP contribution is -2.47. The summed E-state index contributed by atoms with van der Waals surface area (Å²) >= 11 is 0. The molecule has 0 bridgehead atoms. The first-order valence-corrected chi connectivity index (χ1v) is 6.36. The van der Waals surface area contributed by atoms with Crippen LogP contribution in [0.25, 0.3) is 0 Å². The predicted octanol–water partition coefficient (Wildman–Crippen LogP) is 1.29. The normalized spacial score (nSPS) is 23.2. The van der Waals surface area contributed by atoms with Crippen molar-refractivity contribution in [3.63, 3.8) is 0 Å². The van der Waals surface area contributed by atoms with Crippen LogP contribution in [0.2, 0.25) is 0 Å². The molecule has 5 nitrogen and oxygen atoms in total. The highest BCUT2D eigenvalue weighted by atomic mass is 16.4. The number of hydrogen-bond acceptors (Lipinski definition) is 2. The molecule has 2 rings (SSSR count). The van der Waals surface area contributed by atoms with Gasteiger partial charge in [0.1, 0.15) is 0 Å². The molecular weight excluding hydrogens is 220 g/mol. The van der Waals surface area contributed by atoms with Gasteiger partial charge in [0, 0.05) is 25.0 Å². The van der Waals surface area contributed by atoms with Gasteiger partial charge in [-0.25, -0.2) is 4.79 Å². The summed E-state index contributed by atoms with van der Waals surface area (Å²) < 4.78 is 0. The van der Waals surface area contributed by atoms with Gasteiger partial charge in [-0.2, -0.15) is 0 Å². The molecule has 17 heavy (non-hydrogen) atoms. The van der Waals surface area contributed by atoms with E-state index in [0.717, 1.165) is 12.8 Å². The van der Waals surface area contributed by atoms with Crippen molar-refractivity contribution in [3.05, 3.63) is 0 Å². The molecule has 1 saturated heterocycles. The molecule has 0 aromatic heterocycles. The Morgan fingerprint density at radius 2 is 1.82 bits per heavy atom. The van der Waals surface area contributed by atoms with Crippen molar-refractivity contribution in [1.82, 2.24) is 10.2 Å². The highest BCUT2D eigenvalue weighted by molar-refractivity contribution is 5.79. The minimum absolute atomic E-state index is 0.118. The number of amides is 2. The van der Waals surface area contributed by atoms with Crippen molar-refractivity contribution in [1.29, 1.82) is 0 Å². The van der Waals surface area contributed by atoms with Crippen LogP contribution in [0.3, 0.4) is 0 Å². The topological polar surface area (TPSA) is 69.6 Å². The number of piperidine rings is 1. The number of rotatable bonds is 3. The van der Waals surface area contributed by atoms with E-state index in [1.54, 1.807) is 0 Å². The van der Waals surface area contributed by atoms with E-state index < -0.39 is 6.09 Å². The molecule has 2 aliphatic rings. The Balaban J connectivity index is 1.73. The molecule has 1 aliphatic heterocycles. The van der Waals surface area contributed by atoms with Crippen LogP contribution in [0.5, 0.6) is 0 Å². The first-order valence-electron chi connectivity index (χ1n) is 6.36. The van der Waals surface area contributed by atoms with Crippen LogP contribution < -0.4 is 5.32 Å². The van der Waals surface area contributed by atoms with E-state index in [0.29, 0.717) is 19.0 Å². The number of carboxylic acid groups (broad SMARTS) is 1. The molecule has 0 aromatic rings. The van der Waals surface area contributed by atoms with Crippen LogP contribution in [0, 0.1) is 11.8 Å². The van der Waals surface area contributed by atoms with Crippen LogP contribution in [0.1, 0.15) is 32.6 Å². The van der Waals surface area contributed by atoms with E-state index in [-0.39, 0.29) is 17.9 Å². The van der Waals surface area contributed by atoms with E-state index in [2.05, 4.69) is 5.32 Å². The molecular formula is C12H20N2O3. The fourth-order valence-corrected chi connectivity index (χ4v) is 2.36. The summed E-state index contributed by atoms with van der Waals surface area (Å²) in [5.74, 6) is 0.836.